The fraction of sp³-hybridized carbons (Fsp3) is 0.200. The van der Waals surface area contributed by atoms with Gasteiger partial charge in [-0.3, -0.25) is 4.79 Å². The molecule has 8 nitrogen and oxygen atoms in total. The number of pyridine rings is 1. The minimum atomic E-state index is -0.0420. The highest BCUT2D eigenvalue weighted by Gasteiger charge is 2.21. The number of ether oxygens (including phenoxy) is 1. The molecule has 0 spiro atoms. The largest absolute Gasteiger partial charge is 0.378 e. The average molecular weight is 410 g/mol. The van der Waals surface area contributed by atoms with Crippen LogP contribution in [0.4, 0.5) is 5.69 Å². The molecule has 1 aliphatic rings. The van der Waals surface area contributed by atoms with E-state index in [1.807, 2.05) is 10.5 Å². The molecular formula is C20H16ClN5O3. The molecule has 0 bridgehead atoms. The van der Waals surface area contributed by atoms with Crippen LogP contribution in [-0.4, -0.2) is 51.7 Å². The predicted octanol–water partition coefficient (Wildman–Crippen LogP) is 3.59. The van der Waals surface area contributed by atoms with E-state index in [2.05, 4.69) is 15.0 Å². The van der Waals surface area contributed by atoms with Gasteiger partial charge in [0.25, 0.3) is 5.91 Å². The first-order chi connectivity index (χ1) is 13.7. The predicted molar refractivity (Wildman–Crippen MR) is 108 cm³/mol. The summed E-state index contributed by atoms with van der Waals surface area (Å²) in [5.41, 5.74) is 3.67. The fourth-order valence-corrected chi connectivity index (χ4v) is 3.41. The van der Waals surface area contributed by atoms with Gasteiger partial charge in [0, 0.05) is 24.8 Å². The first-order valence-electron chi connectivity index (χ1n) is 8.86. The lowest BCUT2D eigenvalue weighted by atomic mass is 10.1. The van der Waals surface area contributed by atoms with Gasteiger partial charge in [0.1, 0.15) is 11.3 Å². The molecule has 1 fully saturated rings. The fourth-order valence-electron chi connectivity index (χ4n) is 3.41. The zero-order valence-electron chi connectivity index (χ0n) is 15.2. The highest BCUT2D eigenvalue weighted by atomic mass is 35.5. The van der Waals surface area contributed by atoms with Gasteiger partial charge in [-0.15, -0.1) is 12.4 Å². The van der Waals surface area contributed by atoms with Gasteiger partial charge in [-0.25, -0.2) is 9.83 Å². The summed E-state index contributed by atoms with van der Waals surface area (Å²) < 4.78 is 12.6. The quantitative estimate of drug-likeness (QED) is 0.473. The number of nitrogens with zero attached hydrogens (tertiary/aromatic N) is 5. The van der Waals surface area contributed by atoms with Crippen LogP contribution in [0.2, 0.25) is 0 Å². The Hall–Kier alpha value is -3.41. The molecule has 1 aliphatic heterocycles. The van der Waals surface area contributed by atoms with Crippen LogP contribution < -0.4 is 0 Å². The summed E-state index contributed by atoms with van der Waals surface area (Å²) in [6, 6.07) is 8.86. The molecule has 1 saturated heterocycles. The van der Waals surface area contributed by atoms with Gasteiger partial charge in [-0.05, 0) is 24.3 Å². The van der Waals surface area contributed by atoms with Gasteiger partial charge >= 0.3 is 0 Å². The maximum Gasteiger partial charge on any atom is 0.254 e. The number of morpholine rings is 1. The summed E-state index contributed by atoms with van der Waals surface area (Å²) >= 11 is 0. The van der Waals surface area contributed by atoms with Crippen molar-refractivity contribution < 1.29 is 14.1 Å². The molecule has 0 radical (unpaired) electrons. The summed E-state index contributed by atoms with van der Waals surface area (Å²) in [7, 11) is 0. The molecule has 0 aliphatic carbocycles. The molecule has 1 amide bonds. The van der Waals surface area contributed by atoms with E-state index in [1.54, 1.807) is 41.6 Å². The summed E-state index contributed by atoms with van der Waals surface area (Å²) in [6.07, 6.45) is 3.43. The van der Waals surface area contributed by atoms with E-state index in [4.69, 9.17) is 15.8 Å². The Morgan fingerprint density at radius 3 is 2.79 bits per heavy atom. The van der Waals surface area contributed by atoms with E-state index in [0.29, 0.717) is 48.8 Å². The molecule has 0 unspecified atom stereocenters. The van der Waals surface area contributed by atoms with Crippen molar-refractivity contribution in [3.63, 3.8) is 0 Å². The topological polar surface area (TPSA) is 77.2 Å². The van der Waals surface area contributed by atoms with Crippen molar-refractivity contribution >= 4 is 40.6 Å². The number of benzene rings is 1. The van der Waals surface area contributed by atoms with Crippen LogP contribution in [0.15, 0.2) is 47.2 Å². The van der Waals surface area contributed by atoms with Crippen molar-refractivity contribution in [1.29, 1.82) is 0 Å². The molecule has 0 atom stereocenters. The van der Waals surface area contributed by atoms with E-state index in [0.717, 1.165) is 16.7 Å². The Bertz CT molecular complexity index is 1250. The molecule has 9 heteroatoms. The zero-order chi connectivity index (χ0) is 19.1. The minimum absolute atomic E-state index is 0. The van der Waals surface area contributed by atoms with E-state index in [1.165, 1.54) is 0 Å². The Morgan fingerprint density at radius 2 is 2.00 bits per heavy atom. The highest BCUT2D eigenvalue weighted by Crippen LogP contribution is 2.30. The number of halogens is 1. The zero-order valence-corrected chi connectivity index (χ0v) is 16.1. The Kier molecular flexibility index (Phi) is 4.92. The van der Waals surface area contributed by atoms with E-state index < -0.39 is 0 Å². The smallest absolute Gasteiger partial charge is 0.254 e. The van der Waals surface area contributed by atoms with E-state index in [9.17, 15) is 4.79 Å². The second kappa shape index (κ2) is 7.54. The number of carbonyl (C=O) groups is 1. The molecule has 3 aromatic heterocycles. The average Bonchev–Trinajstić information content (AvgIpc) is 3.36. The van der Waals surface area contributed by atoms with E-state index in [-0.39, 0.29) is 18.3 Å². The summed E-state index contributed by atoms with van der Waals surface area (Å²) in [4.78, 5) is 22.3. The molecule has 1 aromatic carbocycles. The number of aromatic nitrogens is 3. The number of hydrogen-bond acceptors (Lipinski definition) is 5. The van der Waals surface area contributed by atoms with Crippen LogP contribution in [0, 0.1) is 6.57 Å². The first-order valence-corrected chi connectivity index (χ1v) is 8.86. The maximum absolute atomic E-state index is 12.7. The van der Waals surface area contributed by atoms with Crippen molar-refractivity contribution in [2.45, 2.75) is 0 Å². The molecule has 4 heterocycles. The SMILES string of the molecule is Cl.[C-]#[N+]c1ccc2ncc(-c3noc4cc(C(=O)N5CCOCC5)ccc34)n2c1. The first kappa shape index (κ1) is 18.9. The lowest BCUT2D eigenvalue weighted by molar-refractivity contribution is 0.0303. The van der Waals surface area contributed by atoms with Gasteiger partial charge in [0.15, 0.2) is 5.58 Å². The molecule has 146 valence electrons. The van der Waals surface area contributed by atoms with Crippen LogP contribution in [0.25, 0.3) is 32.8 Å². The van der Waals surface area contributed by atoms with Crippen molar-refractivity contribution in [2.75, 3.05) is 26.3 Å². The summed E-state index contributed by atoms with van der Waals surface area (Å²) in [6.45, 7) is 9.50. The number of imidazole rings is 1. The lowest BCUT2D eigenvalue weighted by Crippen LogP contribution is -2.40. The van der Waals surface area contributed by atoms with Gasteiger partial charge in [-0.2, -0.15) is 0 Å². The second-order valence-corrected chi connectivity index (χ2v) is 6.52. The number of rotatable bonds is 2. The van der Waals surface area contributed by atoms with Crippen LogP contribution in [-0.2, 0) is 4.74 Å². The monoisotopic (exact) mass is 409 g/mol. The molecule has 29 heavy (non-hydrogen) atoms. The van der Waals surface area contributed by atoms with Crippen molar-refractivity contribution in [3.05, 3.63) is 59.7 Å². The number of fused-ring (bicyclic) bond motifs is 2. The van der Waals surface area contributed by atoms with Gasteiger partial charge < -0.3 is 18.6 Å². The van der Waals surface area contributed by atoms with Gasteiger partial charge in [0.05, 0.1) is 37.1 Å². The summed E-state index contributed by atoms with van der Waals surface area (Å²) in [5, 5.41) is 4.98. The normalized spacial score (nSPS) is 14.0. The van der Waals surface area contributed by atoms with Crippen LogP contribution in [0.1, 0.15) is 10.4 Å². The molecule has 0 N–H and O–H groups in total. The third-order valence-electron chi connectivity index (χ3n) is 4.88. The van der Waals surface area contributed by atoms with Crippen LogP contribution >= 0.6 is 12.4 Å². The number of hydrogen-bond donors (Lipinski definition) is 0. The van der Waals surface area contributed by atoms with Gasteiger partial charge in [0.2, 0.25) is 5.69 Å². The summed E-state index contributed by atoms with van der Waals surface area (Å²) in [5.74, 6) is -0.0420. The van der Waals surface area contributed by atoms with Gasteiger partial charge in [-0.1, -0.05) is 11.2 Å². The maximum atomic E-state index is 12.7. The van der Waals surface area contributed by atoms with Crippen molar-refractivity contribution in [1.82, 2.24) is 19.4 Å². The Balaban J connectivity index is 0.00000205. The standard InChI is InChI=1S/C20H15N5O3.ClH/c1-21-14-3-5-18-22-11-16(25(18)12-14)19-15-4-2-13(10-17(15)28-23-19)20(26)24-6-8-27-9-7-24;/h2-5,10-12H,6-9H2;1H. The Morgan fingerprint density at radius 1 is 1.17 bits per heavy atom. The van der Waals surface area contributed by atoms with Crippen LogP contribution in [0.5, 0.6) is 0 Å². The molecule has 5 rings (SSSR count). The van der Waals surface area contributed by atoms with E-state index >= 15 is 0 Å². The molecule has 0 saturated carbocycles. The van der Waals surface area contributed by atoms with Crippen molar-refractivity contribution in [3.8, 4) is 11.4 Å². The number of amides is 1. The van der Waals surface area contributed by atoms with Crippen molar-refractivity contribution in [2.24, 2.45) is 0 Å². The van der Waals surface area contributed by atoms with Crippen LogP contribution in [0.3, 0.4) is 0 Å². The lowest BCUT2D eigenvalue weighted by Gasteiger charge is -2.26. The second-order valence-electron chi connectivity index (χ2n) is 6.52. The highest BCUT2D eigenvalue weighted by molar-refractivity contribution is 6.00. The third kappa shape index (κ3) is 3.20. The molecular weight excluding hydrogens is 394 g/mol. The number of carbonyl (C=O) groups excluding carboxylic acids is 1. The molecule has 4 aromatic rings. The Labute approximate surface area is 171 Å². The minimum Gasteiger partial charge on any atom is -0.378 e. The third-order valence-corrected chi connectivity index (χ3v) is 4.88.